The fourth-order valence-electron chi connectivity index (χ4n) is 4.87. The maximum absolute atomic E-state index is 14.5. The van der Waals surface area contributed by atoms with Gasteiger partial charge in [-0.25, -0.2) is 4.79 Å². The van der Waals surface area contributed by atoms with Crippen molar-refractivity contribution < 1.29 is 19.1 Å². The average Bonchev–Trinajstić information content (AvgIpc) is 2.89. The highest BCUT2D eigenvalue weighted by Gasteiger charge is 2.38. The summed E-state index contributed by atoms with van der Waals surface area (Å²) >= 11 is 0. The average molecular weight is 566 g/mol. The highest BCUT2D eigenvalue weighted by Crippen LogP contribution is 2.30. The minimum atomic E-state index is -0.878. The molecule has 2 aromatic rings. The Labute approximate surface area is 247 Å². The Morgan fingerprint density at radius 3 is 2.20 bits per heavy atom. The van der Waals surface area contributed by atoms with Gasteiger partial charge >= 0.3 is 6.09 Å². The molecule has 0 aromatic heterocycles. The van der Waals surface area contributed by atoms with Crippen LogP contribution in [0, 0.1) is 26.7 Å². The molecule has 41 heavy (non-hydrogen) atoms. The first-order valence-corrected chi connectivity index (χ1v) is 15.0. The number of unbranched alkanes of at least 4 members (excludes halogenated alkanes) is 3. The number of rotatable bonds is 13. The van der Waals surface area contributed by atoms with Crippen molar-refractivity contribution in [2.24, 2.45) is 5.92 Å². The molecular formula is C34H51N3O4. The third-order valence-electron chi connectivity index (χ3n) is 7.37. The molecule has 0 aliphatic rings. The Bertz CT molecular complexity index is 1170. The zero-order valence-corrected chi connectivity index (χ0v) is 26.6. The zero-order chi connectivity index (χ0) is 30.7. The van der Waals surface area contributed by atoms with E-state index in [0.29, 0.717) is 18.7 Å². The third kappa shape index (κ3) is 10.2. The molecule has 0 saturated carbocycles. The van der Waals surface area contributed by atoms with Gasteiger partial charge in [0, 0.05) is 12.2 Å². The Kier molecular flexibility index (Phi) is 12.9. The second-order valence-electron chi connectivity index (χ2n) is 12.2. The predicted molar refractivity (Wildman–Crippen MR) is 167 cm³/mol. The molecule has 0 heterocycles. The van der Waals surface area contributed by atoms with Gasteiger partial charge in [0.05, 0.1) is 0 Å². The number of ether oxygens (including phenoxy) is 1. The summed E-state index contributed by atoms with van der Waals surface area (Å²) in [7, 11) is 0. The largest absolute Gasteiger partial charge is 0.444 e. The second kappa shape index (κ2) is 15.6. The highest BCUT2D eigenvalue weighted by molar-refractivity contribution is 5.99. The molecule has 0 radical (unpaired) electrons. The standard InChI is InChI=1S/C34H51N3O4/c1-10-12-13-16-21-37(32(39)29(24(4)11-2)36-33(40)41-34(7,8)9)30(27-20-19-23(3)22-26(27)6)31(38)35-28-18-15-14-17-25(28)5/h14-15,17-20,22,24,29-30H,10-13,16,21H2,1-9H3,(H,35,38)(H,36,40). The number of para-hydroxylation sites is 1. The Morgan fingerprint density at radius 2 is 1.61 bits per heavy atom. The Morgan fingerprint density at radius 1 is 0.927 bits per heavy atom. The number of hydrogen-bond acceptors (Lipinski definition) is 4. The quantitative estimate of drug-likeness (QED) is 0.244. The van der Waals surface area contributed by atoms with Gasteiger partial charge in [0.15, 0.2) is 0 Å². The van der Waals surface area contributed by atoms with Gasteiger partial charge in [-0.2, -0.15) is 0 Å². The van der Waals surface area contributed by atoms with Crippen molar-refractivity contribution in [2.75, 3.05) is 11.9 Å². The summed E-state index contributed by atoms with van der Waals surface area (Å²) in [5, 5.41) is 5.95. The molecule has 0 bridgehead atoms. The van der Waals surface area contributed by atoms with Crippen LogP contribution >= 0.6 is 0 Å². The van der Waals surface area contributed by atoms with E-state index in [4.69, 9.17) is 4.74 Å². The lowest BCUT2D eigenvalue weighted by atomic mass is 9.93. The van der Waals surface area contributed by atoms with E-state index in [0.717, 1.165) is 47.9 Å². The van der Waals surface area contributed by atoms with E-state index in [9.17, 15) is 14.4 Å². The van der Waals surface area contributed by atoms with Crippen molar-refractivity contribution in [1.82, 2.24) is 10.2 Å². The number of aryl methyl sites for hydroxylation is 3. The smallest absolute Gasteiger partial charge is 0.408 e. The Hall–Kier alpha value is -3.35. The zero-order valence-electron chi connectivity index (χ0n) is 26.6. The van der Waals surface area contributed by atoms with Crippen LogP contribution in [0.1, 0.15) is 102 Å². The number of anilines is 1. The second-order valence-corrected chi connectivity index (χ2v) is 12.2. The van der Waals surface area contributed by atoms with Crippen molar-refractivity contribution in [3.63, 3.8) is 0 Å². The SMILES string of the molecule is CCCCCCN(C(=O)C(NC(=O)OC(C)(C)C)C(C)CC)C(C(=O)Nc1ccccc1C)c1ccc(C)cc1C. The van der Waals surface area contributed by atoms with Crippen molar-refractivity contribution in [3.05, 3.63) is 64.7 Å². The molecule has 0 fully saturated rings. The van der Waals surface area contributed by atoms with E-state index in [1.807, 2.05) is 77.1 Å². The van der Waals surface area contributed by atoms with Crippen LogP contribution in [0.3, 0.4) is 0 Å². The first-order chi connectivity index (χ1) is 19.3. The molecule has 2 aromatic carbocycles. The van der Waals surface area contributed by atoms with Crippen LogP contribution in [-0.4, -0.2) is 41.0 Å². The van der Waals surface area contributed by atoms with Gasteiger partial charge in [0.1, 0.15) is 17.7 Å². The number of alkyl carbamates (subject to hydrolysis) is 1. The lowest BCUT2D eigenvalue weighted by molar-refractivity contribution is -0.142. The van der Waals surface area contributed by atoms with E-state index in [2.05, 4.69) is 17.6 Å². The fraction of sp³-hybridized carbons (Fsp3) is 0.559. The van der Waals surface area contributed by atoms with Gasteiger partial charge in [-0.05, 0) is 76.6 Å². The van der Waals surface area contributed by atoms with E-state index in [1.54, 1.807) is 25.7 Å². The van der Waals surface area contributed by atoms with Gasteiger partial charge in [0.2, 0.25) is 5.91 Å². The van der Waals surface area contributed by atoms with Crippen LogP contribution in [0.25, 0.3) is 0 Å². The molecular weight excluding hydrogens is 514 g/mol. The molecule has 7 nitrogen and oxygen atoms in total. The van der Waals surface area contributed by atoms with Gasteiger partial charge in [-0.15, -0.1) is 0 Å². The van der Waals surface area contributed by atoms with Crippen LogP contribution in [-0.2, 0) is 14.3 Å². The predicted octanol–water partition coefficient (Wildman–Crippen LogP) is 7.64. The van der Waals surface area contributed by atoms with Crippen molar-refractivity contribution in [1.29, 1.82) is 0 Å². The molecule has 0 aliphatic carbocycles. The fourth-order valence-corrected chi connectivity index (χ4v) is 4.87. The molecule has 0 saturated heterocycles. The van der Waals surface area contributed by atoms with Gasteiger partial charge in [-0.1, -0.05) is 88.4 Å². The van der Waals surface area contributed by atoms with Crippen LogP contribution in [0.2, 0.25) is 0 Å². The number of nitrogens with one attached hydrogen (secondary N) is 2. The summed E-state index contributed by atoms with van der Waals surface area (Å²) < 4.78 is 5.52. The molecule has 2 rings (SSSR count). The van der Waals surface area contributed by atoms with Crippen LogP contribution in [0.15, 0.2) is 42.5 Å². The van der Waals surface area contributed by atoms with Crippen LogP contribution in [0.4, 0.5) is 10.5 Å². The monoisotopic (exact) mass is 565 g/mol. The molecule has 2 N–H and O–H groups in total. The molecule has 3 unspecified atom stereocenters. The van der Waals surface area contributed by atoms with E-state index >= 15 is 0 Å². The Balaban J connectivity index is 2.62. The minimum absolute atomic E-state index is 0.174. The minimum Gasteiger partial charge on any atom is -0.444 e. The first kappa shape index (κ1) is 33.9. The van der Waals surface area contributed by atoms with Crippen molar-refractivity contribution >= 4 is 23.6 Å². The lowest BCUT2D eigenvalue weighted by Gasteiger charge is -2.36. The molecule has 0 aliphatic heterocycles. The number of benzene rings is 2. The number of carbonyl (C=O) groups is 3. The summed E-state index contributed by atoms with van der Waals surface area (Å²) in [4.78, 5) is 43.2. The summed E-state index contributed by atoms with van der Waals surface area (Å²) in [5.41, 5.74) is 3.71. The maximum atomic E-state index is 14.5. The van der Waals surface area contributed by atoms with Crippen LogP contribution in [0.5, 0.6) is 0 Å². The lowest BCUT2D eigenvalue weighted by Crippen LogP contribution is -2.55. The van der Waals surface area contributed by atoms with E-state index in [1.165, 1.54) is 0 Å². The maximum Gasteiger partial charge on any atom is 0.408 e. The number of hydrogen-bond donors (Lipinski definition) is 2. The third-order valence-corrected chi connectivity index (χ3v) is 7.37. The first-order valence-electron chi connectivity index (χ1n) is 15.0. The normalized spacial score (nSPS) is 13.6. The van der Waals surface area contributed by atoms with Gasteiger partial charge < -0.3 is 20.3 Å². The number of carbonyl (C=O) groups excluding carboxylic acids is 3. The van der Waals surface area contributed by atoms with Crippen molar-refractivity contribution in [2.45, 2.75) is 112 Å². The summed E-state index contributed by atoms with van der Waals surface area (Å²) in [6.07, 6.45) is 3.80. The number of nitrogens with zero attached hydrogens (tertiary/aromatic N) is 1. The topological polar surface area (TPSA) is 87.7 Å². The van der Waals surface area contributed by atoms with E-state index in [-0.39, 0.29) is 17.7 Å². The van der Waals surface area contributed by atoms with Gasteiger partial charge in [0.25, 0.3) is 5.91 Å². The molecule has 0 spiro atoms. The highest BCUT2D eigenvalue weighted by atomic mass is 16.6. The van der Waals surface area contributed by atoms with E-state index < -0.39 is 23.8 Å². The van der Waals surface area contributed by atoms with Crippen LogP contribution < -0.4 is 10.6 Å². The molecule has 3 amide bonds. The molecule has 7 heteroatoms. The van der Waals surface area contributed by atoms with Gasteiger partial charge in [-0.3, -0.25) is 9.59 Å². The summed E-state index contributed by atoms with van der Waals surface area (Å²) in [6.45, 7) is 17.8. The number of amides is 3. The summed E-state index contributed by atoms with van der Waals surface area (Å²) in [6, 6.07) is 11.8. The summed E-state index contributed by atoms with van der Waals surface area (Å²) in [5.74, 6) is -0.741. The van der Waals surface area contributed by atoms with Crippen molar-refractivity contribution in [3.8, 4) is 0 Å². The molecule has 226 valence electrons. The molecule has 3 atom stereocenters.